The minimum atomic E-state index is -2.04. The van der Waals surface area contributed by atoms with E-state index in [1.165, 1.54) is 16.7 Å². The number of phenolic OH excluding ortho intramolecular Hbond substituents is 1. The number of aromatic hydroxyl groups is 1. The molecule has 0 unspecified atom stereocenters. The van der Waals surface area contributed by atoms with Crippen molar-refractivity contribution in [2.45, 2.75) is 77.4 Å². The Morgan fingerprint density at radius 2 is 1.91 bits per heavy atom. The number of benzene rings is 3. The third-order valence-corrected chi connectivity index (χ3v) is 14.2. The number of fused-ring (bicyclic) bond motifs is 7. The molecule has 4 aliphatic heterocycles. The summed E-state index contributed by atoms with van der Waals surface area (Å²) in [4.78, 5) is 62.8. The number of aromatic nitrogens is 2. The molecule has 5 aromatic rings. The molecule has 2 amide bonds. The zero-order chi connectivity index (χ0) is 47.2. The Kier molecular flexibility index (Phi) is 10.9. The number of carbonyl (C=O) groups is 3. The van der Waals surface area contributed by atoms with Gasteiger partial charge in [0.25, 0.3) is 11.5 Å². The molecule has 3 aromatic carbocycles. The largest absolute Gasteiger partial charge is 0.507 e. The Morgan fingerprint density at radius 3 is 2.67 bits per heavy atom. The van der Waals surface area contributed by atoms with Gasteiger partial charge in [0.05, 0.1) is 46.1 Å². The van der Waals surface area contributed by atoms with Gasteiger partial charge in [0.2, 0.25) is 0 Å². The van der Waals surface area contributed by atoms with Gasteiger partial charge >= 0.3 is 12.1 Å². The molecule has 1 aliphatic carbocycles. The molecule has 17 heteroatoms. The summed E-state index contributed by atoms with van der Waals surface area (Å²) < 4.78 is 50.3. The smallest absolute Gasteiger partial charge is 0.407 e. The number of halogens is 3. The Labute approximate surface area is 387 Å². The monoisotopic (exact) mass is 931 g/mol. The van der Waals surface area contributed by atoms with E-state index in [0.29, 0.717) is 82.6 Å². The number of hydrogen-bond donors (Lipinski definition) is 3. The van der Waals surface area contributed by atoms with Gasteiger partial charge in [-0.1, -0.05) is 37.1 Å². The third kappa shape index (κ3) is 7.01. The number of amides is 2. The van der Waals surface area contributed by atoms with Gasteiger partial charge in [-0.25, -0.2) is 23.4 Å². The van der Waals surface area contributed by atoms with E-state index in [4.69, 9.17) is 30.8 Å². The van der Waals surface area contributed by atoms with E-state index in [-0.39, 0.29) is 83.1 Å². The predicted octanol–water partition coefficient (Wildman–Crippen LogP) is 6.44. The molecule has 6 heterocycles. The van der Waals surface area contributed by atoms with E-state index in [9.17, 15) is 29.4 Å². The highest BCUT2D eigenvalue weighted by molar-refractivity contribution is 6.33. The minimum Gasteiger partial charge on any atom is -0.507 e. The van der Waals surface area contributed by atoms with Crippen LogP contribution in [0.1, 0.15) is 77.2 Å². The van der Waals surface area contributed by atoms with Gasteiger partial charge in [-0.05, 0) is 74.1 Å². The molecule has 67 heavy (non-hydrogen) atoms. The summed E-state index contributed by atoms with van der Waals surface area (Å²) in [5.74, 6) is 3.15. The first-order valence-electron chi connectivity index (χ1n) is 22.0. The van der Waals surface area contributed by atoms with Gasteiger partial charge in [0, 0.05) is 76.6 Å². The maximum atomic E-state index is 16.5. The Hall–Kier alpha value is -6.80. The number of phenols is 1. The van der Waals surface area contributed by atoms with Crippen LogP contribution >= 0.6 is 11.6 Å². The fraction of sp³-hybridized carbons (Fsp3) is 0.340. The average Bonchev–Trinajstić information content (AvgIpc) is 3.57. The maximum Gasteiger partial charge on any atom is 0.407 e. The normalized spacial score (nSPS) is 20.2. The van der Waals surface area contributed by atoms with Crippen molar-refractivity contribution in [1.29, 1.82) is 0 Å². The van der Waals surface area contributed by atoms with Crippen molar-refractivity contribution in [2.75, 3.05) is 32.8 Å². The molecule has 1 fully saturated rings. The van der Waals surface area contributed by atoms with Gasteiger partial charge in [-0.2, -0.15) is 0 Å². The van der Waals surface area contributed by atoms with E-state index in [2.05, 4.69) is 28.6 Å². The highest BCUT2D eigenvalue weighted by Crippen LogP contribution is 2.47. The number of esters is 1. The van der Waals surface area contributed by atoms with Crippen molar-refractivity contribution < 1.29 is 47.6 Å². The van der Waals surface area contributed by atoms with E-state index in [0.717, 1.165) is 5.56 Å². The standard InChI is InChI=1S/C50H44ClF2N5O9/c1-5-8-26-15-27-18-56-13-14-57(19-28(56)22-65-45(27)43(53)39(26)42-33(51)9-7-10-38(42)59)46(60)24(3)21-67-49(63)55-35-12-11-29-25(4)34(52)17-36-40(29)41(35)30-20-58-37(44(30)54-36)16-32-31(47(58)61)23-66-48(62)50(32,64)6-2/h7,9-10,15-17,28,35,59,64H,3,6,11-14,18-23H2,1-2,4H3,(H,55,63)/t28-,35+,50+/m1/s1. The second-order valence-electron chi connectivity index (χ2n) is 17.5. The molecule has 5 aliphatic rings. The number of pyridine rings is 2. The first kappa shape index (κ1) is 44.1. The summed E-state index contributed by atoms with van der Waals surface area (Å²) in [6, 6.07) is 8.20. The van der Waals surface area contributed by atoms with Crippen LogP contribution in [-0.4, -0.2) is 86.4 Å². The van der Waals surface area contributed by atoms with Gasteiger partial charge < -0.3 is 39.2 Å². The molecule has 0 saturated carbocycles. The summed E-state index contributed by atoms with van der Waals surface area (Å²) >= 11 is 6.45. The van der Waals surface area contributed by atoms with Crippen LogP contribution in [0.3, 0.4) is 0 Å². The first-order chi connectivity index (χ1) is 32.1. The number of alkyl carbamates (subject to hydrolysis) is 1. The lowest BCUT2D eigenvalue weighted by molar-refractivity contribution is -0.172. The van der Waals surface area contributed by atoms with Crippen molar-refractivity contribution in [2.24, 2.45) is 0 Å². The van der Waals surface area contributed by atoms with E-state index >= 15 is 8.78 Å². The topological polar surface area (TPSA) is 173 Å². The SMILES string of the molecule is C=C(COC(=O)N[C@H]1CCc2c(C)c(F)cc3nc4c(c1c23)Cn1c-4cc2c(c1=O)COC(=O)[C@]2(O)CC)C(=O)N1CCN2Cc3cc(C#CC)c(-c4c(O)cccc4Cl)c(F)c3OC[C@H]2C1. The van der Waals surface area contributed by atoms with Crippen molar-refractivity contribution in [1.82, 2.24) is 24.7 Å². The number of rotatable bonds is 6. The number of ether oxygens (including phenoxy) is 3. The van der Waals surface area contributed by atoms with Crippen LogP contribution in [0.15, 0.2) is 53.3 Å². The van der Waals surface area contributed by atoms with Crippen molar-refractivity contribution in [3.05, 3.63) is 120 Å². The molecule has 0 bridgehead atoms. The van der Waals surface area contributed by atoms with Gasteiger partial charge in [-0.3, -0.25) is 14.5 Å². The third-order valence-electron chi connectivity index (χ3n) is 13.8. The molecule has 3 N–H and O–H groups in total. The second kappa shape index (κ2) is 16.5. The van der Waals surface area contributed by atoms with Crippen molar-refractivity contribution >= 4 is 40.5 Å². The number of carbonyl (C=O) groups excluding carboxylic acids is 3. The first-order valence-corrected chi connectivity index (χ1v) is 22.4. The van der Waals surface area contributed by atoms with Crippen LogP contribution in [0.2, 0.25) is 5.02 Å². The lowest BCUT2D eigenvalue weighted by Gasteiger charge is -2.40. The summed E-state index contributed by atoms with van der Waals surface area (Å²) in [6.45, 7) is 9.54. The fourth-order valence-electron chi connectivity index (χ4n) is 10.4. The highest BCUT2D eigenvalue weighted by atomic mass is 35.5. The van der Waals surface area contributed by atoms with Crippen LogP contribution < -0.4 is 15.6 Å². The molecular formula is C50H44ClF2N5O9. The molecule has 0 spiro atoms. The minimum absolute atomic E-state index is 0.0166. The predicted molar refractivity (Wildman–Crippen MR) is 241 cm³/mol. The Bertz CT molecular complexity index is 3160. The van der Waals surface area contributed by atoms with Gasteiger partial charge in [0.1, 0.15) is 31.4 Å². The molecule has 14 nitrogen and oxygen atoms in total. The molecule has 10 rings (SSSR count). The summed E-state index contributed by atoms with van der Waals surface area (Å²) in [5, 5.41) is 25.8. The molecular weight excluding hydrogens is 888 g/mol. The number of nitrogens with zero attached hydrogens (tertiary/aromatic N) is 4. The zero-order valence-electron chi connectivity index (χ0n) is 36.8. The van der Waals surface area contributed by atoms with Crippen LogP contribution in [0.25, 0.3) is 33.4 Å². The summed E-state index contributed by atoms with van der Waals surface area (Å²) in [6.07, 6.45) is -0.102. The Balaban J connectivity index is 0.851. The Morgan fingerprint density at radius 1 is 1.10 bits per heavy atom. The van der Waals surface area contributed by atoms with Crippen LogP contribution in [0.5, 0.6) is 11.5 Å². The number of hydrogen-bond acceptors (Lipinski definition) is 11. The fourth-order valence-corrected chi connectivity index (χ4v) is 10.6. The van der Waals surface area contributed by atoms with Crippen molar-refractivity contribution in [3.63, 3.8) is 0 Å². The maximum absolute atomic E-state index is 16.5. The molecule has 0 radical (unpaired) electrons. The number of piperazine rings is 1. The quantitative estimate of drug-likeness (QED) is 0.0954. The lowest BCUT2D eigenvalue weighted by atomic mass is 9.81. The number of cyclic esters (lactones) is 1. The van der Waals surface area contributed by atoms with E-state index in [1.54, 1.807) is 49.9 Å². The summed E-state index contributed by atoms with van der Waals surface area (Å²) in [7, 11) is 0. The highest BCUT2D eigenvalue weighted by Gasteiger charge is 2.46. The molecule has 1 saturated heterocycles. The number of aryl methyl sites for hydroxylation is 1. The summed E-state index contributed by atoms with van der Waals surface area (Å²) in [5.41, 5.74) is 2.36. The zero-order valence-corrected chi connectivity index (χ0v) is 37.5. The average molecular weight is 932 g/mol. The second-order valence-corrected chi connectivity index (χ2v) is 17.9. The van der Waals surface area contributed by atoms with Crippen LogP contribution in [0.4, 0.5) is 13.6 Å². The van der Waals surface area contributed by atoms with Crippen LogP contribution in [0, 0.1) is 30.4 Å². The van der Waals surface area contributed by atoms with Crippen molar-refractivity contribution in [3.8, 4) is 45.9 Å². The lowest BCUT2D eigenvalue weighted by Crippen LogP contribution is -2.56. The van der Waals surface area contributed by atoms with E-state index in [1.807, 2.05) is 0 Å². The van der Waals surface area contributed by atoms with Gasteiger partial charge in [-0.15, -0.1) is 5.92 Å². The van der Waals surface area contributed by atoms with Gasteiger partial charge in [0.15, 0.2) is 17.2 Å². The molecule has 344 valence electrons. The number of nitrogens with one attached hydrogen (secondary N) is 1. The molecule has 3 atom stereocenters. The number of aliphatic hydroxyl groups is 1. The van der Waals surface area contributed by atoms with Crippen LogP contribution in [-0.2, 0) is 50.8 Å². The van der Waals surface area contributed by atoms with E-state index < -0.39 is 53.4 Å². The molecule has 2 aromatic heterocycles.